The van der Waals surface area contributed by atoms with Crippen molar-refractivity contribution >= 4 is 17.7 Å². The molecule has 1 spiro atoms. The molecule has 132 valence electrons. The standard InChI is InChI=1S/C17H25ClN4O2/c1-16(2,3)24-15(23)22-8-7-21(12-17(22)5-4-6-17)11-13-9-19-14(18)20-10-13/h9-10H,4-8,11-12H2,1-3H3. The molecule has 6 nitrogen and oxygen atoms in total. The first-order chi connectivity index (χ1) is 11.3. The van der Waals surface area contributed by atoms with E-state index in [1.165, 1.54) is 0 Å². The first kappa shape index (κ1) is 17.4. The highest BCUT2D eigenvalue weighted by atomic mass is 35.5. The molecule has 0 unspecified atom stereocenters. The van der Waals surface area contributed by atoms with Crippen LogP contribution in [0.1, 0.15) is 45.6 Å². The molecule has 1 aromatic rings. The zero-order valence-corrected chi connectivity index (χ0v) is 15.3. The van der Waals surface area contributed by atoms with Crippen LogP contribution in [0, 0.1) is 0 Å². The molecule has 24 heavy (non-hydrogen) atoms. The normalized spacial score (nSPS) is 20.8. The minimum absolute atomic E-state index is 0.0755. The van der Waals surface area contributed by atoms with Gasteiger partial charge in [-0.25, -0.2) is 14.8 Å². The van der Waals surface area contributed by atoms with Gasteiger partial charge in [-0.1, -0.05) is 0 Å². The first-order valence-electron chi connectivity index (χ1n) is 8.47. The van der Waals surface area contributed by atoms with Crippen molar-refractivity contribution in [3.63, 3.8) is 0 Å². The van der Waals surface area contributed by atoms with Gasteiger partial charge < -0.3 is 4.74 Å². The van der Waals surface area contributed by atoms with Crippen molar-refractivity contribution in [3.05, 3.63) is 23.2 Å². The molecule has 7 heteroatoms. The highest BCUT2D eigenvalue weighted by molar-refractivity contribution is 6.28. The Balaban J connectivity index is 1.66. The van der Waals surface area contributed by atoms with E-state index in [1.807, 2.05) is 25.7 Å². The summed E-state index contributed by atoms with van der Waals surface area (Å²) in [4.78, 5) is 25.0. The molecule has 2 heterocycles. The Morgan fingerprint density at radius 1 is 1.29 bits per heavy atom. The van der Waals surface area contributed by atoms with Crippen LogP contribution in [0.15, 0.2) is 12.4 Å². The van der Waals surface area contributed by atoms with Crippen LogP contribution in [0.3, 0.4) is 0 Å². The smallest absolute Gasteiger partial charge is 0.410 e. The van der Waals surface area contributed by atoms with Crippen molar-refractivity contribution < 1.29 is 9.53 Å². The molecule has 1 aliphatic heterocycles. The maximum atomic E-state index is 12.6. The molecule has 1 amide bonds. The number of rotatable bonds is 2. The lowest BCUT2D eigenvalue weighted by Crippen LogP contribution is -2.67. The van der Waals surface area contributed by atoms with Crippen LogP contribution in [0.4, 0.5) is 4.79 Å². The maximum Gasteiger partial charge on any atom is 0.410 e. The van der Waals surface area contributed by atoms with Gasteiger partial charge in [-0.05, 0) is 51.6 Å². The van der Waals surface area contributed by atoms with Gasteiger partial charge in [0.25, 0.3) is 0 Å². The second kappa shape index (κ2) is 6.48. The molecule has 1 saturated heterocycles. The molecule has 0 atom stereocenters. The van der Waals surface area contributed by atoms with Crippen molar-refractivity contribution in [3.8, 4) is 0 Å². The third kappa shape index (κ3) is 3.81. The fourth-order valence-electron chi connectivity index (χ4n) is 3.49. The molecule has 2 fully saturated rings. The molecular formula is C17H25ClN4O2. The number of aromatic nitrogens is 2. The molecule has 1 aromatic heterocycles. The second-order valence-electron chi connectivity index (χ2n) is 7.78. The van der Waals surface area contributed by atoms with Crippen LogP contribution in [-0.4, -0.2) is 56.6 Å². The third-order valence-electron chi connectivity index (χ3n) is 4.71. The van der Waals surface area contributed by atoms with Gasteiger partial charge in [0, 0.05) is 44.1 Å². The van der Waals surface area contributed by atoms with Crippen LogP contribution >= 0.6 is 11.6 Å². The summed E-state index contributed by atoms with van der Waals surface area (Å²) in [5.74, 6) is 0. The Hall–Kier alpha value is -1.40. The quantitative estimate of drug-likeness (QED) is 0.765. The highest BCUT2D eigenvalue weighted by Crippen LogP contribution is 2.41. The number of hydrogen-bond acceptors (Lipinski definition) is 5. The number of ether oxygens (including phenoxy) is 1. The molecule has 3 rings (SSSR count). The molecule has 0 radical (unpaired) electrons. The number of nitrogens with zero attached hydrogens (tertiary/aromatic N) is 4. The average molecular weight is 353 g/mol. The summed E-state index contributed by atoms with van der Waals surface area (Å²) in [6.07, 6.45) is 6.60. The van der Waals surface area contributed by atoms with Crippen LogP contribution in [0.25, 0.3) is 0 Å². The number of amides is 1. The number of carbonyl (C=O) groups is 1. The van der Waals surface area contributed by atoms with E-state index >= 15 is 0 Å². The van der Waals surface area contributed by atoms with Gasteiger partial charge in [0.05, 0.1) is 5.54 Å². The van der Waals surface area contributed by atoms with Gasteiger partial charge in [-0.2, -0.15) is 0 Å². The Morgan fingerprint density at radius 2 is 1.96 bits per heavy atom. The zero-order chi connectivity index (χ0) is 17.4. The SMILES string of the molecule is CC(C)(C)OC(=O)N1CCN(Cc2cnc(Cl)nc2)CC12CCC2. The lowest BCUT2D eigenvalue weighted by molar-refractivity contribution is -0.0658. The largest absolute Gasteiger partial charge is 0.444 e. The number of hydrogen-bond donors (Lipinski definition) is 0. The zero-order valence-electron chi connectivity index (χ0n) is 14.6. The summed E-state index contributed by atoms with van der Waals surface area (Å²) < 4.78 is 5.61. The lowest BCUT2D eigenvalue weighted by atomic mass is 9.74. The minimum Gasteiger partial charge on any atom is -0.444 e. The van der Waals surface area contributed by atoms with Gasteiger partial charge in [-0.15, -0.1) is 0 Å². The maximum absolute atomic E-state index is 12.6. The van der Waals surface area contributed by atoms with Crippen molar-refractivity contribution in [2.75, 3.05) is 19.6 Å². The highest BCUT2D eigenvalue weighted by Gasteiger charge is 2.49. The van der Waals surface area contributed by atoms with Crippen LogP contribution < -0.4 is 0 Å². The first-order valence-corrected chi connectivity index (χ1v) is 8.85. The fraction of sp³-hybridized carbons (Fsp3) is 0.706. The van der Waals surface area contributed by atoms with Crippen LogP contribution in [0.2, 0.25) is 5.28 Å². The number of halogens is 1. The van der Waals surface area contributed by atoms with Crippen molar-refractivity contribution in [1.82, 2.24) is 19.8 Å². The van der Waals surface area contributed by atoms with Gasteiger partial charge >= 0.3 is 6.09 Å². The predicted molar refractivity (Wildman–Crippen MR) is 91.8 cm³/mol. The molecule has 2 aliphatic rings. The predicted octanol–water partition coefficient (Wildman–Crippen LogP) is 3.11. The minimum atomic E-state index is -0.459. The van der Waals surface area contributed by atoms with Crippen molar-refractivity contribution in [1.29, 1.82) is 0 Å². The Morgan fingerprint density at radius 3 is 2.50 bits per heavy atom. The van der Waals surface area contributed by atoms with Gasteiger partial charge in [0.1, 0.15) is 5.60 Å². The topological polar surface area (TPSA) is 58.6 Å². The summed E-state index contributed by atoms with van der Waals surface area (Å²) in [7, 11) is 0. The molecular weight excluding hydrogens is 328 g/mol. The van der Waals surface area contributed by atoms with Crippen molar-refractivity contribution in [2.45, 2.75) is 57.7 Å². The summed E-state index contributed by atoms with van der Waals surface area (Å²) in [5.41, 5.74) is 0.507. The van der Waals surface area contributed by atoms with E-state index in [0.29, 0.717) is 6.54 Å². The Labute approximate surface area is 148 Å². The van der Waals surface area contributed by atoms with Gasteiger partial charge in [0.2, 0.25) is 5.28 Å². The van der Waals surface area contributed by atoms with Gasteiger partial charge in [0.15, 0.2) is 0 Å². The van der Waals surface area contributed by atoms with Gasteiger partial charge in [-0.3, -0.25) is 9.80 Å². The van der Waals surface area contributed by atoms with E-state index in [9.17, 15) is 4.79 Å². The Kier molecular flexibility index (Phi) is 4.71. The molecule has 0 bridgehead atoms. The molecule has 1 saturated carbocycles. The summed E-state index contributed by atoms with van der Waals surface area (Å²) >= 11 is 5.74. The van der Waals surface area contributed by atoms with E-state index in [-0.39, 0.29) is 16.9 Å². The van der Waals surface area contributed by atoms with Crippen LogP contribution in [0.5, 0.6) is 0 Å². The van der Waals surface area contributed by atoms with E-state index < -0.39 is 5.60 Å². The molecule has 1 aliphatic carbocycles. The van der Waals surface area contributed by atoms with E-state index in [1.54, 1.807) is 12.4 Å². The molecule has 0 N–H and O–H groups in total. The fourth-order valence-corrected chi connectivity index (χ4v) is 3.59. The van der Waals surface area contributed by atoms with Crippen LogP contribution in [-0.2, 0) is 11.3 Å². The molecule has 0 aromatic carbocycles. The van der Waals surface area contributed by atoms with E-state index in [0.717, 1.165) is 44.5 Å². The van der Waals surface area contributed by atoms with E-state index in [4.69, 9.17) is 16.3 Å². The monoisotopic (exact) mass is 352 g/mol. The van der Waals surface area contributed by atoms with E-state index in [2.05, 4.69) is 14.9 Å². The number of carbonyl (C=O) groups excluding carboxylic acids is 1. The lowest BCUT2D eigenvalue weighted by Gasteiger charge is -2.55. The summed E-state index contributed by atoms with van der Waals surface area (Å²) in [6.45, 7) is 8.91. The van der Waals surface area contributed by atoms with Crippen molar-refractivity contribution in [2.24, 2.45) is 0 Å². The summed E-state index contributed by atoms with van der Waals surface area (Å²) in [6, 6.07) is 0. The summed E-state index contributed by atoms with van der Waals surface area (Å²) in [5, 5.41) is 0.268. The number of piperazine rings is 1. The average Bonchev–Trinajstić information content (AvgIpc) is 2.46. The third-order valence-corrected chi connectivity index (χ3v) is 4.90. The Bertz CT molecular complexity index is 596. The second-order valence-corrected chi connectivity index (χ2v) is 8.12.